The summed E-state index contributed by atoms with van der Waals surface area (Å²) in [6.45, 7) is 13.6. The quantitative estimate of drug-likeness (QED) is 0.488. The van der Waals surface area contributed by atoms with E-state index in [1.807, 2.05) is 20.8 Å². The van der Waals surface area contributed by atoms with Crippen molar-refractivity contribution in [1.29, 1.82) is 0 Å². The predicted octanol–water partition coefficient (Wildman–Crippen LogP) is 5.06. The van der Waals surface area contributed by atoms with E-state index in [0.29, 0.717) is 37.1 Å². The highest BCUT2D eigenvalue weighted by atomic mass is 35.5. The summed E-state index contributed by atoms with van der Waals surface area (Å²) in [6.07, 6.45) is 1.67. The minimum Gasteiger partial charge on any atom is -0.489 e. The molecule has 0 N–H and O–H groups in total. The van der Waals surface area contributed by atoms with E-state index in [4.69, 9.17) is 26.1 Å². The fourth-order valence-electron chi connectivity index (χ4n) is 6.50. The highest BCUT2D eigenvalue weighted by Gasteiger charge is 2.47. The van der Waals surface area contributed by atoms with E-state index in [1.165, 1.54) is 12.5 Å². The Balaban J connectivity index is 1.42. The monoisotopic (exact) mass is 599 g/mol. The zero-order valence-corrected chi connectivity index (χ0v) is 25.7. The molecule has 6 rings (SSSR count). The van der Waals surface area contributed by atoms with Crippen LogP contribution in [0.2, 0.25) is 5.02 Å². The lowest BCUT2D eigenvalue weighted by Gasteiger charge is -2.40. The number of hydrogen-bond acceptors (Lipinski definition) is 7. The van der Waals surface area contributed by atoms with Gasteiger partial charge in [-0.1, -0.05) is 23.7 Å². The molecule has 0 aliphatic carbocycles. The predicted molar refractivity (Wildman–Crippen MR) is 159 cm³/mol. The van der Waals surface area contributed by atoms with E-state index >= 15 is 4.39 Å². The zero-order chi connectivity index (χ0) is 30.0. The average molecular weight is 600 g/mol. The van der Waals surface area contributed by atoms with Gasteiger partial charge >= 0.3 is 6.09 Å². The molecule has 0 saturated carbocycles. The molecule has 5 heterocycles. The lowest BCUT2D eigenvalue weighted by atomic mass is 9.97. The Bertz CT molecular complexity index is 1410. The van der Waals surface area contributed by atoms with Crippen LogP contribution in [-0.4, -0.2) is 101 Å². The maximum absolute atomic E-state index is 15.1. The molecule has 1 aromatic heterocycles. The molecule has 42 heavy (non-hydrogen) atoms. The molecule has 0 spiro atoms. The average Bonchev–Trinajstić information content (AvgIpc) is 3.10. The Morgan fingerprint density at radius 1 is 1.12 bits per heavy atom. The summed E-state index contributed by atoms with van der Waals surface area (Å²) in [5.74, 6) is -0.0291. The van der Waals surface area contributed by atoms with Crippen molar-refractivity contribution < 1.29 is 23.5 Å². The van der Waals surface area contributed by atoms with Crippen LogP contribution >= 0.6 is 11.6 Å². The van der Waals surface area contributed by atoms with Crippen molar-refractivity contribution in [2.75, 3.05) is 50.8 Å². The van der Waals surface area contributed by atoms with Crippen LogP contribution in [0.5, 0.6) is 5.75 Å². The van der Waals surface area contributed by atoms with Crippen LogP contribution in [-0.2, 0) is 4.74 Å². The van der Waals surface area contributed by atoms with Crippen LogP contribution in [0.3, 0.4) is 0 Å². The van der Waals surface area contributed by atoms with E-state index < -0.39 is 23.6 Å². The maximum Gasteiger partial charge on any atom is 0.410 e. The Hall–Kier alpha value is -3.11. The van der Waals surface area contributed by atoms with Crippen molar-refractivity contribution >= 4 is 29.4 Å². The van der Waals surface area contributed by atoms with Crippen LogP contribution < -0.4 is 9.64 Å². The maximum atomic E-state index is 15.1. The first kappa shape index (κ1) is 29.0. The first-order chi connectivity index (χ1) is 19.8. The van der Waals surface area contributed by atoms with E-state index in [-0.39, 0.29) is 46.6 Å². The molecular weight excluding hydrogens is 561 g/mol. The second kappa shape index (κ2) is 10.6. The first-order valence-corrected chi connectivity index (χ1v) is 15.1. The number of anilines is 1. The number of fused-ring (bicyclic) bond motifs is 2. The van der Waals surface area contributed by atoms with Crippen LogP contribution in [0.15, 0.2) is 24.3 Å². The van der Waals surface area contributed by atoms with Crippen LogP contribution in [0.1, 0.15) is 57.8 Å². The van der Waals surface area contributed by atoms with Crippen molar-refractivity contribution in [2.45, 2.75) is 70.7 Å². The van der Waals surface area contributed by atoms with E-state index in [1.54, 1.807) is 28.0 Å². The molecule has 2 amide bonds. The molecule has 226 valence electrons. The molecule has 9 nitrogen and oxygen atoms in total. The molecule has 1 unspecified atom stereocenters. The number of hydrogen-bond donors (Lipinski definition) is 0. The topological polar surface area (TPSA) is 78.5 Å². The van der Waals surface area contributed by atoms with Gasteiger partial charge in [-0.15, -0.1) is 0 Å². The second-order valence-corrected chi connectivity index (χ2v) is 13.7. The van der Waals surface area contributed by atoms with Crippen molar-refractivity contribution in [3.63, 3.8) is 0 Å². The standard InChI is InChI=1S/C31H39ClFN5O4/c1-30(2,3)42-29(40)36-13-14-37-20(16-36)18-41-26-23(28(37)39)27(34-25(24(26)32)21-9-6-7-10-22(21)33)38-17-19(15-31(38,4)5)35-11-8-12-35/h6-7,9-10,19-20H,8,11-18H2,1-5H3/t19?,20-/m1/s1. The molecule has 2 atom stereocenters. The molecule has 3 fully saturated rings. The number of likely N-dealkylation sites (tertiary alicyclic amines) is 1. The van der Waals surface area contributed by atoms with Gasteiger partial charge in [0.2, 0.25) is 0 Å². The summed E-state index contributed by atoms with van der Waals surface area (Å²) in [5.41, 5.74) is -0.159. The summed E-state index contributed by atoms with van der Waals surface area (Å²) in [7, 11) is 0. The van der Waals surface area contributed by atoms with Gasteiger partial charge < -0.3 is 24.2 Å². The largest absolute Gasteiger partial charge is 0.489 e. The van der Waals surface area contributed by atoms with E-state index in [0.717, 1.165) is 19.5 Å². The molecule has 0 bridgehead atoms. The Morgan fingerprint density at radius 2 is 1.86 bits per heavy atom. The fraction of sp³-hybridized carbons (Fsp3) is 0.581. The number of halogens is 2. The van der Waals surface area contributed by atoms with E-state index in [2.05, 4.69) is 23.6 Å². The second-order valence-electron chi connectivity index (χ2n) is 13.3. The van der Waals surface area contributed by atoms with Gasteiger partial charge in [0.1, 0.15) is 34.4 Å². The molecule has 0 radical (unpaired) electrons. The first-order valence-electron chi connectivity index (χ1n) is 14.8. The van der Waals surface area contributed by atoms with Gasteiger partial charge in [-0.2, -0.15) is 0 Å². The number of piperazine rings is 1. The summed E-state index contributed by atoms with van der Waals surface area (Å²) < 4.78 is 27.1. The number of amides is 2. The third-order valence-corrected chi connectivity index (χ3v) is 9.11. The molecule has 3 saturated heterocycles. The number of carbonyl (C=O) groups is 2. The number of rotatable bonds is 3. The van der Waals surface area contributed by atoms with Gasteiger partial charge in [0.05, 0.1) is 11.7 Å². The number of pyridine rings is 1. The van der Waals surface area contributed by atoms with Gasteiger partial charge in [0, 0.05) is 43.3 Å². The van der Waals surface area contributed by atoms with Gasteiger partial charge in [-0.05, 0) is 72.7 Å². The molecule has 4 aliphatic rings. The van der Waals surface area contributed by atoms with Crippen LogP contribution in [0, 0.1) is 5.82 Å². The molecule has 11 heteroatoms. The summed E-state index contributed by atoms with van der Waals surface area (Å²) in [6, 6.07) is 6.28. The van der Waals surface area contributed by atoms with Crippen LogP contribution in [0.4, 0.5) is 15.0 Å². The van der Waals surface area contributed by atoms with Crippen molar-refractivity contribution in [3.05, 3.63) is 40.7 Å². The third-order valence-electron chi connectivity index (χ3n) is 8.76. The number of ether oxygens (including phenoxy) is 2. The fourth-order valence-corrected chi connectivity index (χ4v) is 6.79. The minimum atomic E-state index is -0.631. The molecular formula is C31H39ClFN5O4. The van der Waals surface area contributed by atoms with Crippen molar-refractivity contribution in [2.24, 2.45) is 0 Å². The van der Waals surface area contributed by atoms with Gasteiger partial charge in [0.25, 0.3) is 5.91 Å². The minimum absolute atomic E-state index is 0.104. The van der Waals surface area contributed by atoms with E-state index in [9.17, 15) is 9.59 Å². The SMILES string of the molecule is CC(C)(C)OC(=O)N1CCN2C(=O)c3c(N4CC(N5CCC5)CC4(C)C)nc(-c4ccccc4F)c(Cl)c3OC[C@H]2C1. The highest BCUT2D eigenvalue weighted by molar-refractivity contribution is 6.35. The summed E-state index contributed by atoms with van der Waals surface area (Å²) >= 11 is 6.94. The van der Waals surface area contributed by atoms with Gasteiger partial charge in [-0.25, -0.2) is 14.2 Å². The van der Waals surface area contributed by atoms with Gasteiger partial charge in [-0.3, -0.25) is 9.69 Å². The summed E-state index contributed by atoms with van der Waals surface area (Å²) in [4.78, 5) is 40.3. The number of benzene rings is 1. The van der Waals surface area contributed by atoms with Crippen LogP contribution in [0.25, 0.3) is 11.3 Å². The lowest BCUT2D eigenvalue weighted by Crippen LogP contribution is -2.58. The van der Waals surface area contributed by atoms with Crippen molar-refractivity contribution in [3.8, 4) is 17.0 Å². The summed E-state index contributed by atoms with van der Waals surface area (Å²) in [5, 5.41) is 0.104. The Labute approximate surface area is 251 Å². The third kappa shape index (κ3) is 5.17. The lowest BCUT2D eigenvalue weighted by molar-refractivity contribution is 0.000952. The highest BCUT2D eigenvalue weighted by Crippen LogP contribution is 2.47. The Morgan fingerprint density at radius 3 is 2.52 bits per heavy atom. The normalized spacial score (nSPS) is 24.0. The zero-order valence-electron chi connectivity index (χ0n) is 25.0. The molecule has 2 aromatic rings. The van der Waals surface area contributed by atoms with Gasteiger partial charge in [0.15, 0.2) is 5.75 Å². The number of nitrogens with zero attached hydrogens (tertiary/aromatic N) is 5. The number of aromatic nitrogens is 1. The number of carbonyl (C=O) groups excluding carboxylic acids is 2. The smallest absolute Gasteiger partial charge is 0.410 e. The van der Waals surface area contributed by atoms with Crippen molar-refractivity contribution in [1.82, 2.24) is 19.7 Å². The molecule has 1 aromatic carbocycles. The Kier molecular flexibility index (Phi) is 7.28. The molecule has 4 aliphatic heterocycles.